The Labute approximate surface area is 223 Å². The van der Waals surface area contributed by atoms with Crippen LogP contribution >= 0.6 is 0 Å². The van der Waals surface area contributed by atoms with Crippen molar-refractivity contribution in [3.8, 4) is 0 Å². The van der Waals surface area contributed by atoms with E-state index >= 15 is 0 Å². The van der Waals surface area contributed by atoms with Crippen LogP contribution in [0.25, 0.3) is 0 Å². The van der Waals surface area contributed by atoms with E-state index in [-0.39, 0.29) is 0 Å². The summed E-state index contributed by atoms with van der Waals surface area (Å²) in [5, 5.41) is 42.3. The number of benzene rings is 5. The molecule has 3 atom stereocenters. The summed E-state index contributed by atoms with van der Waals surface area (Å²) in [4.78, 5) is 0. The van der Waals surface area contributed by atoms with Gasteiger partial charge in [0.2, 0.25) is 0 Å². The third kappa shape index (κ3) is 6.25. The van der Waals surface area contributed by atoms with E-state index in [9.17, 15) is 20.4 Å². The average Bonchev–Trinajstić information content (AvgIpc) is 3.02. The molecule has 0 radical (unpaired) electrons. The highest BCUT2D eigenvalue weighted by Crippen LogP contribution is 2.40. The summed E-state index contributed by atoms with van der Waals surface area (Å²) in [6, 6.07) is 46.2. The van der Waals surface area contributed by atoms with Crippen molar-refractivity contribution >= 4 is 0 Å². The Hall–Kier alpha value is -4.06. The van der Waals surface area contributed by atoms with Crippen molar-refractivity contribution in [2.75, 3.05) is 0 Å². The minimum atomic E-state index is -1.50. The van der Waals surface area contributed by atoms with E-state index in [0.717, 1.165) is 11.1 Å². The zero-order valence-corrected chi connectivity index (χ0v) is 21.0. The monoisotopic (exact) mass is 504 g/mol. The molecule has 38 heavy (non-hydrogen) atoms. The number of aliphatic hydroxyl groups excluding tert-OH is 3. The predicted octanol–water partition coefficient (Wildman–Crippen LogP) is 6.11. The Morgan fingerprint density at radius 1 is 0.368 bits per heavy atom. The van der Waals surface area contributed by atoms with Crippen molar-refractivity contribution in [3.63, 3.8) is 0 Å². The molecule has 4 nitrogen and oxygen atoms in total. The van der Waals surface area contributed by atoms with E-state index in [2.05, 4.69) is 0 Å². The molecule has 4 N–H and O–H groups in total. The Bertz CT molecular complexity index is 1260. The first-order valence-electron chi connectivity index (χ1n) is 12.5. The summed E-state index contributed by atoms with van der Waals surface area (Å²) in [6.07, 6.45) is -2.83. The highest BCUT2D eigenvalue weighted by Gasteiger charge is 2.40. The van der Waals surface area contributed by atoms with Gasteiger partial charge >= 0.3 is 0 Å². The zero-order chi connectivity index (χ0) is 26.8. The van der Waals surface area contributed by atoms with Gasteiger partial charge in [0.15, 0.2) is 0 Å². The van der Waals surface area contributed by atoms with Crippen LogP contribution in [0, 0.1) is 0 Å². The number of hydrogen-bond donors (Lipinski definition) is 4. The Kier molecular flexibility index (Phi) is 9.20. The topological polar surface area (TPSA) is 80.9 Å². The molecule has 0 heterocycles. The zero-order valence-electron chi connectivity index (χ0n) is 21.0. The number of rotatable bonds is 7. The molecule has 0 aliphatic carbocycles. The smallest absolute Gasteiger partial charge is 0.145 e. The summed E-state index contributed by atoms with van der Waals surface area (Å²) >= 11 is 0. The highest BCUT2D eigenvalue weighted by atomic mass is 16.3. The summed E-state index contributed by atoms with van der Waals surface area (Å²) in [6.45, 7) is 0. The molecular formula is C34H32O4. The molecule has 5 aromatic carbocycles. The second-order valence-electron chi connectivity index (χ2n) is 9.02. The Balaban J connectivity index is 0.000000186. The van der Waals surface area contributed by atoms with Crippen LogP contribution in [-0.2, 0) is 5.60 Å². The third-order valence-electron chi connectivity index (χ3n) is 6.52. The predicted molar refractivity (Wildman–Crippen MR) is 150 cm³/mol. The molecule has 5 aromatic rings. The van der Waals surface area contributed by atoms with Crippen LogP contribution in [0.3, 0.4) is 0 Å². The van der Waals surface area contributed by atoms with Crippen LogP contribution in [0.15, 0.2) is 152 Å². The fraction of sp³-hybridized carbons (Fsp3) is 0.118. The first-order valence-corrected chi connectivity index (χ1v) is 12.5. The lowest BCUT2D eigenvalue weighted by Crippen LogP contribution is -2.35. The molecule has 0 fully saturated rings. The quantitative estimate of drug-likeness (QED) is 0.216. The van der Waals surface area contributed by atoms with Crippen molar-refractivity contribution in [1.82, 2.24) is 0 Å². The molecule has 0 amide bonds. The Morgan fingerprint density at radius 2 is 0.632 bits per heavy atom. The first kappa shape index (κ1) is 27.0. The number of hydrogen-bond acceptors (Lipinski definition) is 4. The SMILES string of the molecule is OC(c1ccccc1)C(O)(c1ccccc1)c1ccccc1.OC(c1ccccc1)C(O)c1ccccc1. The normalized spacial score (nSPS) is 13.5. The molecule has 0 bridgehead atoms. The summed E-state index contributed by atoms with van der Waals surface area (Å²) < 4.78 is 0. The molecule has 0 saturated heterocycles. The minimum absolute atomic E-state index is 0.664. The van der Waals surface area contributed by atoms with Crippen LogP contribution in [0.4, 0.5) is 0 Å². The van der Waals surface area contributed by atoms with Crippen molar-refractivity contribution in [1.29, 1.82) is 0 Å². The molecule has 192 valence electrons. The molecule has 4 heteroatoms. The molecule has 0 spiro atoms. The maximum atomic E-state index is 11.4. The van der Waals surface area contributed by atoms with Crippen molar-refractivity contribution in [3.05, 3.63) is 179 Å². The maximum Gasteiger partial charge on any atom is 0.145 e. The van der Waals surface area contributed by atoms with Gasteiger partial charge in [-0.2, -0.15) is 0 Å². The van der Waals surface area contributed by atoms with E-state index in [4.69, 9.17) is 0 Å². The second kappa shape index (κ2) is 13.0. The molecule has 3 unspecified atom stereocenters. The van der Waals surface area contributed by atoms with Gasteiger partial charge in [0.25, 0.3) is 0 Å². The summed E-state index contributed by atoms with van der Waals surface area (Å²) in [5.74, 6) is 0. The van der Waals surface area contributed by atoms with Crippen LogP contribution in [-0.4, -0.2) is 20.4 Å². The average molecular weight is 505 g/mol. The lowest BCUT2D eigenvalue weighted by atomic mass is 9.79. The largest absolute Gasteiger partial charge is 0.385 e. The second-order valence-corrected chi connectivity index (χ2v) is 9.02. The lowest BCUT2D eigenvalue weighted by molar-refractivity contribution is -0.0517. The fourth-order valence-corrected chi connectivity index (χ4v) is 4.41. The van der Waals surface area contributed by atoms with Crippen LogP contribution in [0.2, 0.25) is 0 Å². The van der Waals surface area contributed by atoms with E-state index in [1.165, 1.54) is 0 Å². The standard InChI is InChI=1S/C20H18O2.C14H14O2/c21-19(16-10-4-1-5-11-16)20(22,17-12-6-2-7-13-17)18-14-8-3-9-15-18;15-13(11-7-3-1-4-8-11)14(16)12-9-5-2-6-10-12/h1-15,19,21-22H;1-10,13-16H. The fourth-order valence-electron chi connectivity index (χ4n) is 4.41. The van der Waals surface area contributed by atoms with Gasteiger partial charge in [0, 0.05) is 0 Å². The van der Waals surface area contributed by atoms with Gasteiger partial charge < -0.3 is 20.4 Å². The van der Waals surface area contributed by atoms with E-state index < -0.39 is 23.9 Å². The highest BCUT2D eigenvalue weighted by molar-refractivity contribution is 5.40. The first-order chi connectivity index (χ1) is 18.5. The maximum absolute atomic E-state index is 11.4. The minimum Gasteiger partial charge on any atom is -0.385 e. The molecule has 0 aliphatic heterocycles. The number of aliphatic hydroxyl groups is 4. The molecule has 5 rings (SSSR count). The van der Waals surface area contributed by atoms with Crippen LogP contribution in [0.5, 0.6) is 0 Å². The van der Waals surface area contributed by atoms with Gasteiger partial charge in [0.05, 0.1) is 0 Å². The Morgan fingerprint density at radius 3 is 0.947 bits per heavy atom. The van der Waals surface area contributed by atoms with Crippen molar-refractivity contribution in [2.45, 2.75) is 23.9 Å². The van der Waals surface area contributed by atoms with Gasteiger partial charge in [-0.3, -0.25) is 0 Å². The summed E-state index contributed by atoms with van der Waals surface area (Å²) in [7, 11) is 0. The van der Waals surface area contributed by atoms with Gasteiger partial charge in [-0.25, -0.2) is 0 Å². The van der Waals surface area contributed by atoms with Crippen molar-refractivity contribution in [2.24, 2.45) is 0 Å². The summed E-state index contributed by atoms with van der Waals surface area (Å²) in [5.41, 5.74) is 1.95. The van der Waals surface area contributed by atoms with E-state index in [1.54, 1.807) is 24.3 Å². The van der Waals surface area contributed by atoms with Crippen molar-refractivity contribution < 1.29 is 20.4 Å². The molecule has 0 saturated carbocycles. The molecule has 0 aliphatic rings. The molecule has 0 aromatic heterocycles. The lowest BCUT2D eigenvalue weighted by Gasteiger charge is -2.34. The van der Waals surface area contributed by atoms with Gasteiger partial charge in [-0.15, -0.1) is 0 Å². The van der Waals surface area contributed by atoms with Crippen LogP contribution < -0.4 is 0 Å². The van der Waals surface area contributed by atoms with Crippen LogP contribution in [0.1, 0.15) is 46.1 Å². The van der Waals surface area contributed by atoms with Gasteiger partial charge in [0.1, 0.15) is 23.9 Å². The van der Waals surface area contributed by atoms with E-state index in [0.29, 0.717) is 16.7 Å². The van der Waals surface area contributed by atoms with Gasteiger partial charge in [-0.1, -0.05) is 152 Å². The van der Waals surface area contributed by atoms with Gasteiger partial charge in [-0.05, 0) is 27.8 Å². The molecular weight excluding hydrogens is 472 g/mol. The third-order valence-corrected chi connectivity index (χ3v) is 6.52. The van der Waals surface area contributed by atoms with E-state index in [1.807, 2.05) is 127 Å².